The number of hydrogen-bond donors (Lipinski definition) is 4. The van der Waals surface area contributed by atoms with Gasteiger partial charge in [0, 0.05) is 32.7 Å². The summed E-state index contributed by atoms with van der Waals surface area (Å²) in [4.78, 5) is 18.2. The van der Waals surface area contributed by atoms with E-state index >= 15 is 0 Å². The highest BCUT2D eigenvalue weighted by atomic mass is 16.5. The molecule has 1 heterocycles. The second kappa shape index (κ2) is 11.5. The number of guanidine groups is 1. The number of aliphatic hydroxyl groups excluding tert-OH is 1. The van der Waals surface area contributed by atoms with Gasteiger partial charge in [-0.2, -0.15) is 0 Å². The molecule has 1 amide bonds. The van der Waals surface area contributed by atoms with Crippen molar-refractivity contribution >= 4 is 11.9 Å². The van der Waals surface area contributed by atoms with Gasteiger partial charge in [-0.3, -0.25) is 14.7 Å². The van der Waals surface area contributed by atoms with Gasteiger partial charge >= 0.3 is 0 Å². The van der Waals surface area contributed by atoms with Crippen molar-refractivity contribution in [2.45, 2.75) is 31.9 Å². The second-order valence-corrected chi connectivity index (χ2v) is 6.88. The summed E-state index contributed by atoms with van der Waals surface area (Å²) >= 11 is 0. The van der Waals surface area contributed by atoms with Crippen LogP contribution in [0.5, 0.6) is 5.75 Å². The highest BCUT2D eigenvalue weighted by Crippen LogP contribution is 2.17. The summed E-state index contributed by atoms with van der Waals surface area (Å²) in [6.07, 6.45) is 1.22. The first-order chi connectivity index (χ1) is 13.5. The van der Waals surface area contributed by atoms with E-state index in [-0.39, 0.29) is 12.5 Å². The van der Waals surface area contributed by atoms with Crippen LogP contribution >= 0.6 is 0 Å². The first kappa shape index (κ1) is 22.0. The summed E-state index contributed by atoms with van der Waals surface area (Å²) in [6, 6.07) is 7.66. The van der Waals surface area contributed by atoms with Gasteiger partial charge in [-0.25, -0.2) is 0 Å². The first-order valence-electron chi connectivity index (χ1n) is 9.85. The number of nitrogens with zero attached hydrogens (tertiary/aromatic N) is 2. The maximum atomic E-state index is 11.5. The van der Waals surface area contributed by atoms with Crippen LogP contribution in [0.1, 0.15) is 31.4 Å². The van der Waals surface area contributed by atoms with E-state index in [0.29, 0.717) is 18.5 Å². The van der Waals surface area contributed by atoms with E-state index in [1.165, 1.54) is 0 Å². The number of likely N-dealkylation sites (tertiary alicyclic amines) is 1. The van der Waals surface area contributed by atoms with Crippen LogP contribution in [-0.4, -0.2) is 74.8 Å². The van der Waals surface area contributed by atoms with Crippen LogP contribution < -0.4 is 20.7 Å². The summed E-state index contributed by atoms with van der Waals surface area (Å²) < 4.78 is 5.14. The van der Waals surface area contributed by atoms with Gasteiger partial charge in [-0.15, -0.1) is 0 Å². The maximum absolute atomic E-state index is 11.5. The largest absolute Gasteiger partial charge is 0.497 e. The molecule has 1 atom stereocenters. The first-order valence-corrected chi connectivity index (χ1v) is 9.85. The van der Waals surface area contributed by atoms with Crippen LogP contribution in [0.4, 0.5) is 0 Å². The molecule has 1 aliphatic heterocycles. The zero-order chi connectivity index (χ0) is 20.4. The van der Waals surface area contributed by atoms with Crippen molar-refractivity contribution in [3.8, 4) is 5.75 Å². The molecule has 0 spiro atoms. The van der Waals surface area contributed by atoms with Gasteiger partial charge in [0.2, 0.25) is 5.91 Å². The van der Waals surface area contributed by atoms with Gasteiger partial charge < -0.3 is 25.8 Å². The molecule has 4 N–H and O–H groups in total. The van der Waals surface area contributed by atoms with Crippen molar-refractivity contribution in [3.63, 3.8) is 0 Å². The summed E-state index contributed by atoms with van der Waals surface area (Å²) in [5, 5.41) is 19.8. The molecule has 1 unspecified atom stereocenters. The predicted molar refractivity (Wildman–Crippen MR) is 111 cm³/mol. The quantitative estimate of drug-likeness (QED) is 0.380. The van der Waals surface area contributed by atoms with E-state index in [0.717, 1.165) is 43.8 Å². The normalized spacial score (nSPS) is 17.1. The predicted octanol–water partition coefficient (Wildman–Crippen LogP) is 0.494. The molecule has 28 heavy (non-hydrogen) atoms. The van der Waals surface area contributed by atoms with Crippen LogP contribution in [-0.2, 0) is 4.79 Å². The number of amides is 1. The molecule has 0 aliphatic carbocycles. The number of carbonyl (C=O) groups is 1. The van der Waals surface area contributed by atoms with Crippen LogP contribution in [0.15, 0.2) is 29.3 Å². The summed E-state index contributed by atoms with van der Waals surface area (Å²) in [5.41, 5.74) is 0.808. The van der Waals surface area contributed by atoms with E-state index in [4.69, 9.17) is 4.74 Å². The number of aliphatic imine (C=N–C) groups is 1. The van der Waals surface area contributed by atoms with Gasteiger partial charge in [-0.05, 0) is 37.5 Å². The van der Waals surface area contributed by atoms with Crippen LogP contribution in [0.2, 0.25) is 0 Å². The highest BCUT2D eigenvalue weighted by molar-refractivity contribution is 5.80. The Morgan fingerprint density at radius 1 is 1.32 bits per heavy atom. The van der Waals surface area contributed by atoms with Gasteiger partial charge in [0.05, 0.1) is 26.3 Å². The van der Waals surface area contributed by atoms with E-state index in [2.05, 4.69) is 25.8 Å². The van der Waals surface area contributed by atoms with Gasteiger partial charge in [0.25, 0.3) is 0 Å². The Morgan fingerprint density at radius 2 is 2.00 bits per heavy atom. The van der Waals surface area contributed by atoms with E-state index in [9.17, 15) is 9.90 Å². The van der Waals surface area contributed by atoms with Crippen molar-refractivity contribution in [3.05, 3.63) is 29.8 Å². The van der Waals surface area contributed by atoms with Gasteiger partial charge in [0.1, 0.15) is 5.75 Å². The Hall–Kier alpha value is -2.32. The SMILES string of the molecule is CCNC(=NCC(O)c1ccc(OC)cc1)NC1CCN(CC(=O)NC)CC1. The minimum absolute atomic E-state index is 0.0498. The molecule has 0 radical (unpaired) electrons. The third-order valence-electron chi connectivity index (χ3n) is 4.84. The average Bonchev–Trinajstić information content (AvgIpc) is 2.73. The van der Waals surface area contributed by atoms with Gasteiger partial charge in [-0.1, -0.05) is 12.1 Å². The smallest absolute Gasteiger partial charge is 0.233 e. The zero-order valence-corrected chi connectivity index (χ0v) is 17.1. The fraction of sp³-hybridized carbons (Fsp3) is 0.600. The lowest BCUT2D eigenvalue weighted by atomic mass is 10.1. The minimum Gasteiger partial charge on any atom is -0.497 e. The number of benzene rings is 1. The minimum atomic E-state index is -0.671. The Labute approximate surface area is 167 Å². The third kappa shape index (κ3) is 7.01. The molecule has 1 saturated heterocycles. The number of carbonyl (C=O) groups excluding carboxylic acids is 1. The Balaban J connectivity index is 1.85. The van der Waals surface area contributed by atoms with Crippen molar-refractivity contribution in [2.75, 3.05) is 46.9 Å². The number of likely N-dealkylation sites (N-methyl/N-ethyl adjacent to an activating group) is 1. The molecular formula is C20H33N5O3. The molecule has 8 heteroatoms. The summed E-state index contributed by atoms with van der Waals surface area (Å²) in [6.45, 7) is 5.24. The van der Waals surface area contributed by atoms with Crippen molar-refractivity contribution in [2.24, 2.45) is 4.99 Å². The fourth-order valence-electron chi connectivity index (χ4n) is 3.14. The highest BCUT2D eigenvalue weighted by Gasteiger charge is 2.21. The molecule has 1 fully saturated rings. The molecule has 0 aromatic heterocycles. The molecule has 1 aliphatic rings. The van der Waals surface area contributed by atoms with Gasteiger partial charge in [0.15, 0.2) is 5.96 Å². The van der Waals surface area contributed by atoms with E-state index < -0.39 is 6.10 Å². The fourth-order valence-corrected chi connectivity index (χ4v) is 3.14. The number of rotatable bonds is 8. The molecular weight excluding hydrogens is 358 g/mol. The number of aliphatic hydroxyl groups is 1. The zero-order valence-electron chi connectivity index (χ0n) is 17.1. The van der Waals surface area contributed by atoms with E-state index in [1.54, 1.807) is 14.2 Å². The van der Waals surface area contributed by atoms with Crippen LogP contribution in [0.3, 0.4) is 0 Å². The topological polar surface area (TPSA) is 98.2 Å². The summed E-state index contributed by atoms with van der Waals surface area (Å²) in [5.74, 6) is 1.52. The molecule has 8 nitrogen and oxygen atoms in total. The number of piperidine rings is 1. The standard InChI is InChI=1S/C20H33N5O3/c1-4-22-20(23-13-18(26)15-5-7-17(28-3)8-6-15)24-16-9-11-25(12-10-16)14-19(27)21-2/h5-8,16,18,26H,4,9-14H2,1-3H3,(H,21,27)(H2,22,23,24). The lowest BCUT2D eigenvalue weighted by molar-refractivity contribution is -0.122. The van der Waals surface area contributed by atoms with Crippen LogP contribution in [0, 0.1) is 0 Å². The molecule has 0 saturated carbocycles. The molecule has 1 aromatic rings. The van der Waals surface area contributed by atoms with Crippen molar-refractivity contribution in [1.29, 1.82) is 0 Å². The third-order valence-corrected chi connectivity index (χ3v) is 4.84. The lowest BCUT2D eigenvalue weighted by Crippen LogP contribution is -2.50. The second-order valence-electron chi connectivity index (χ2n) is 6.88. The summed E-state index contributed by atoms with van der Waals surface area (Å²) in [7, 11) is 3.28. The number of methoxy groups -OCH3 is 1. The average molecular weight is 392 g/mol. The van der Waals surface area contributed by atoms with E-state index in [1.807, 2.05) is 31.2 Å². The number of nitrogens with one attached hydrogen (secondary N) is 3. The monoisotopic (exact) mass is 391 g/mol. The molecule has 1 aromatic carbocycles. The lowest BCUT2D eigenvalue weighted by Gasteiger charge is -2.32. The Bertz CT molecular complexity index is 627. The molecule has 156 valence electrons. The Morgan fingerprint density at radius 3 is 2.57 bits per heavy atom. The molecule has 0 bridgehead atoms. The number of ether oxygens (including phenoxy) is 1. The van der Waals surface area contributed by atoms with Crippen molar-refractivity contribution in [1.82, 2.24) is 20.9 Å². The van der Waals surface area contributed by atoms with Crippen molar-refractivity contribution < 1.29 is 14.6 Å². The van der Waals surface area contributed by atoms with Crippen LogP contribution in [0.25, 0.3) is 0 Å². The Kier molecular flexibility index (Phi) is 9.03. The maximum Gasteiger partial charge on any atom is 0.233 e. The number of hydrogen-bond acceptors (Lipinski definition) is 5. The molecule has 2 rings (SSSR count).